The van der Waals surface area contributed by atoms with Crippen LogP contribution in [0.5, 0.6) is 0 Å². The molecule has 0 unspecified atom stereocenters. The molecule has 1 aliphatic carbocycles. The predicted octanol–water partition coefficient (Wildman–Crippen LogP) is 4.85. The van der Waals surface area contributed by atoms with E-state index < -0.39 is 10.0 Å². The molecule has 1 spiro atoms. The number of aryl methyl sites for hydroxylation is 1. The number of sulfonamides is 1. The third-order valence-electron chi connectivity index (χ3n) is 7.28. The number of amides is 2. The van der Waals surface area contributed by atoms with E-state index in [4.69, 9.17) is 5.14 Å². The SMILES string of the molecule is Cc1ccccc1-c1ccc2c(c1)C1(CCCC1)CN2C(=O)NCc1ccc(S(N)(=O)=O)cc1. The van der Waals surface area contributed by atoms with Crippen LogP contribution >= 0.6 is 0 Å². The molecule has 0 saturated heterocycles. The molecule has 0 radical (unpaired) electrons. The fraction of sp³-hybridized carbons (Fsp3) is 0.296. The fourth-order valence-corrected chi connectivity index (χ4v) is 5.98. The molecule has 7 heteroatoms. The smallest absolute Gasteiger partial charge is 0.322 e. The van der Waals surface area contributed by atoms with E-state index in [2.05, 4.69) is 54.7 Å². The fourth-order valence-electron chi connectivity index (χ4n) is 5.46. The van der Waals surface area contributed by atoms with Crippen LogP contribution in [-0.2, 0) is 22.0 Å². The van der Waals surface area contributed by atoms with Crippen molar-refractivity contribution in [1.29, 1.82) is 0 Å². The number of urea groups is 1. The first-order valence-electron chi connectivity index (χ1n) is 11.6. The van der Waals surface area contributed by atoms with Crippen LogP contribution in [0.15, 0.2) is 71.6 Å². The topological polar surface area (TPSA) is 92.5 Å². The van der Waals surface area contributed by atoms with Gasteiger partial charge in [-0.1, -0.05) is 55.3 Å². The highest BCUT2D eigenvalue weighted by molar-refractivity contribution is 7.89. The van der Waals surface area contributed by atoms with E-state index in [1.54, 1.807) is 12.1 Å². The molecule has 3 aromatic rings. The Balaban J connectivity index is 1.39. The van der Waals surface area contributed by atoms with Crippen LogP contribution in [0.25, 0.3) is 11.1 Å². The minimum Gasteiger partial charge on any atom is -0.334 e. The van der Waals surface area contributed by atoms with Gasteiger partial charge in [-0.15, -0.1) is 0 Å². The van der Waals surface area contributed by atoms with Crippen LogP contribution in [0.2, 0.25) is 0 Å². The van der Waals surface area contributed by atoms with Gasteiger partial charge in [-0.05, 0) is 71.8 Å². The van der Waals surface area contributed by atoms with Crippen molar-refractivity contribution in [2.45, 2.75) is 49.5 Å². The minimum absolute atomic E-state index is 0.0164. The summed E-state index contributed by atoms with van der Waals surface area (Å²) >= 11 is 0. The predicted molar refractivity (Wildman–Crippen MR) is 134 cm³/mol. The number of nitrogens with two attached hydrogens (primary N) is 1. The number of hydrogen-bond donors (Lipinski definition) is 2. The summed E-state index contributed by atoms with van der Waals surface area (Å²) in [6.45, 7) is 3.13. The van der Waals surface area contributed by atoms with Gasteiger partial charge in [0.05, 0.1) is 4.90 Å². The summed E-state index contributed by atoms with van der Waals surface area (Å²) in [5.74, 6) is 0. The van der Waals surface area contributed by atoms with Crippen LogP contribution in [0, 0.1) is 6.92 Å². The molecule has 1 fully saturated rings. The van der Waals surface area contributed by atoms with Gasteiger partial charge in [0.1, 0.15) is 0 Å². The maximum atomic E-state index is 13.3. The van der Waals surface area contributed by atoms with Crippen molar-refractivity contribution >= 4 is 21.7 Å². The van der Waals surface area contributed by atoms with Crippen molar-refractivity contribution in [3.8, 4) is 11.1 Å². The first-order valence-corrected chi connectivity index (χ1v) is 13.2. The third-order valence-corrected chi connectivity index (χ3v) is 8.21. The van der Waals surface area contributed by atoms with Gasteiger partial charge in [-0.2, -0.15) is 0 Å². The number of rotatable bonds is 4. The molecular weight excluding hydrogens is 446 g/mol. The maximum Gasteiger partial charge on any atom is 0.322 e. The lowest BCUT2D eigenvalue weighted by Gasteiger charge is -2.25. The van der Waals surface area contributed by atoms with Gasteiger partial charge in [0.2, 0.25) is 10.0 Å². The standard InChI is InChI=1S/C27H29N3O3S/c1-19-6-2-3-7-23(19)21-10-13-25-24(16-21)27(14-4-5-15-27)18-30(25)26(31)29-17-20-8-11-22(12-9-20)34(28,32)33/h2-3,6-13,16H,4-5,14-15,17-18H2,1H3,(H,29,31)(H2,28,32,33). The summed E-state index contributed by atoms with van der Waals surface area (Å²) in [6, 6.07) is 21.0. The zero-order chi connectivity index (χ0) is 23.9. The molecule has 2 amide bonds. The lowest BCUT2D eigenvalue weighted by atomic mass is 9.80. The Bertz CT molecular complexity index is 1340. The second kappa shape index (κ2) is 8.56. The van der Waals surface area contributed by atoms with E-state index in [1.165, 1.54) is 47.2 Å². The number of carbonyl (C=O) groups excluding carboxylic acids is 1. The Labute approximate surface area is 200 Å². The van der Waals surface area contributed by atoms with Gasteiger partial charge in [-0.3, -0.25) is 4.90 Å². The van der Waals surface area contributed by atoms with Crippen molar-refractivity contribution in [2.24, 2.45) is 5.14 Å². The van der Waals surface area contributed by atoms with Crippen molar-refractivity contribution in [3.63, 3.8) is 0 Å². The lowest BCUT2D eigenvalue weighted by molar-refractivity contribution is 0.245. The van der Waals surface area contributed by atoms with Crippen LogP contribution < -0.4 is 15.4 Å². The average Bonchev–Trinajstić information content (AvgIpc) is 3.43. The van der Waals surface area contributed by atoms with Crippen molar-refractivity contribution in [1.82, 2.24) is 5.32 Å². The lowest BCUT2D eigenvalue weighted by Crippen LogP contribution is -2.41. The molecule has 6 nitrogen and oxygen atoms in total. The first-order chi connectivity index (χ1) is 16.3. The van der Waals surface area contributed by atoms with Crippen LogP contribution in [-0.4, -0.2) is 21.0 Å². The number of benzene rings is 3. The monoisotopic (exact) mass is 475 g/mol. The van der Waals surface area contributed by atoms with E-state index in [9.17, 15) is 13.2 Å². The van der Waals surface area contributed by atoms with E-state index >= 15 is 0 Å². The average molecular weight is 476 g/mol. The quantitative estimate of drug-likeness (QED) is 0.565. The number of hydrogen-bond acceptors (Lipinski definition) is 3. The number of carbonyl (C=O) groups is 1. The van der Waals surface area contributed by atoms with E-state index in [1.807, 2.05) is 4.90 Å². The summed E-state index contributed by atoms with van der Waals surface area (Å²) < 4.78 is 22.9. The highest BCUT2D eigenvalue weighted by atomic mass is 32.2. The molecule has 3 N–H and O–H groups in total. The Morgan fingerprint density at radius 2 is 1.74 bits per heavy atom. The highest BCUT2D eigenvalue weighted by Crippen LogP contribution is 2.51. The van der Waals surface area contributed by atoms with Crippen LogP contribution in [0.1, 0.15) is 42.4 Å². The Kier molecular flexibility index (Phi) is 5.70. The molecule has 1 aliphatic heterocycles. The summed E-state index contributed by atoms with van der Waals surface area (Å²) in [6.07, 6.45) is 4.55. The molecule has 34 heavy (non-hydrogen) atoms. The minimum atomic E-state index is -3.73. The largest absolute Gasteiger partial charge is 0.334 e. The summed E-state index contributed by atoms with van der Waals surface area (Å²) in [7, 11) is -3.73. The van der Waals surface area contributed by atoms with Crippen molar-refractivity contribution in [2.75, 3.05) is 11.4 Å². The molecule has 1 saturated carbocycles. The second-order valence-electron chi connectivity index (χ2n) is 9.47. The Hall–Kier alpha value is -3.16. The van der Waals surface area contributed by atoms with E-state index in [0.717, 1.165) is 24.1 Å². The second-order valence-corrected chi connectivity index (χ2v) is 11.0. The molecule has 5 rings (SSSR count). The van der Waals surface area contributed by atoms with E-state index in [-0.39, 0.29) is 16.3 Å². The number of nitrogens with zero attached hydrogens (tertiary/aromatic N) is 1. The first kappa shape index (κ1) is 22.6. The van der Waals surface area contributed by atoms with Crippen molar-refractivity contribution in [3.05, 3.63) is 83.4 Å². The van der Waals surface area contributed by atoms with Crippen molar-refractivity contribution < 1.29 is 13.2 Å². The Morgan fingerprint density at radius 1 is 1.03 bits per heavy atom. The third kappa shape index (κ3) is 4.10. The number of nitrogens with one attached hydrogen (secondary N) is 1. The molecule has 176 valence electrons. The van der Waals surface area contributed by atoms with Gasteiger partial charge in [0.25, 0.3) is 0 Å². The number of anilines is 1. The van der Waals surface area contributed by atoms with Gasteiger partial charge in [0, 0.05) is 24.2 Å². The molecule has 2 aliphatic rings. The molecular formula is C27H29N3O3S. The summed E-state index contributed by atoms with van der Waals surface area (Å²) in [4.78, 5) is 15.2. The number of fused-ring (bicyclic) bond motifs is 2. The van der Waals surface area contributed by atoms with Crippen LogP contribution in [0.3, 0.4) is 0 Å². The Morgan fingerprint density at radius 3 is 2.41 bits per heavy atom. The summed E-state index contributed by atoms with van der Waals surface area (Å²) in [5.41, 5.74) is 6.75. The molecule has 0 bridgehead atoms. The summed E-state index contributed by atoms with van der Waals surface area (Å²) in [5, 5.41) is 8.17. The highest BCUT2D eigenvalue weighted by Gasteiger charge is 2.46. The normalized spacial score (nSPS) is 16.6. The maximum absolute atomic E-state index is 13.3. The van der Waals surface area contributed by atoms with Gasteiger partial charge in [0.15, 0.2) is 0 Å². The van der Waals surface area contributed by atoms with Crippen LogP contribution in [0.4, 0.5) is 10.5 Å². The molecule has 0 aromatic heterocycles. The van der Waals surface area contributed by atoms with Gasteiger partial charge in [-0.25, -0.2) is 18.4 Å². The zero-order valence-electron chi connectivity index (χ0n) is 19.3. The number of primary sulfonamides is 1. The molecule has 1 heterocycles. The van der Waals surface area contributed by atoms with Gasteiger partial charge >= 0.3 is 6.03 Å². The zero-order valence-corrected chi connectivity index (χ0v) is 20.1. The molecule has 3 aromatic carbocycles. The molecule has 0 atom stereocenters. The van der Waals surface area contributed by atoms with Gasteiger partial charge < -0.3 is 5.32 Å². The van der Waals surface area contributed by atoms with E-state index in [0.29, 0.717) is 13.1 Å².